The first kappa shape index (κ1) is 33.6. The highest BCUT2D eigenvalue weighted by molar-refractivity contribution is 8.00. The highest BCUT2D eigenvalue weighted by atomic mass is 35.5. The van der Waals surface area contributed by atoms with E-state index >= 15 is 0 Å². The summed E-state index contributed by atoms with van der Waals surface area (Å²) in [7, 11) is 0. The molecule has 4 aromatic rings. The number of carboxylic acids is 1. The van der Waals surface area contributed by atoms with Crippen LogP contribution in [0, 0.1) is 0 Å². The second kappa shape index (κ2) is 15.6. The van der Waals surface area contributed by atoms with Crippen LogP contribution < -0.4 is 16.0 Å². The van der Waals surface area contributed by atoms with E-state index in [-0.39, 0.29) is 22.2 Å². The molecule has 1 unspecified atom stereocenters. The van der Waals surface area contributed by atoms with Crippen molar-refractivity contribution < 1.29 is 24.3 Å². The lowest BCUT2D eigenvalue weighted by Crippen LogP contribution is -2.30. The van der Waals surface area contributed by atoms with Crippen LogP contribution >= 0.6 is 46.6 Å². The van der Waals surface area contributed by atoms with E-state index in [9.17, 15) is 24.3 Å². The zero-order valence-corrected chi connectivity index (χ0v) is 26.7. The van der Waals surface area contributed by atoms with Gasteiger partial charge in [0.15, 0.2) is 0 Å². The Balaban J connectivity index is 1.52. The molecular formula is C33H26Cl3N3O5S. The van der Waals surface area contributed by atoms with Gasteiger partial charge in [0.05, 0.1) is 15.8 Å². The van der Waals surface area contributed by atoms with E-state index in [2.05, 4.69) is 16.0 Å². The van der Waals surface area contributed by atoms with Crippen molar-refractivity contribution in [2.24, 2.45) is 0 Å². The van der Waals surface area contributed by atoms with Crippen molar-refractivity contribution in [1.29, 1.82) is 0 Å². The second-order valence-corrected chi connectivity index (χ2v) is 12.1. The average Bonchev–Trinajstić information content (AvgIpc) is 3.02. The monoisotopic (exact) mass is 681 g/mol. The third-order valence-corrected chi connectivity index (χ3v) is 8.54. The standard InChI is InChI=1S/C33H26Cl3N3O5S/c1-2-29(32(42)38-23-13-14-26(35)25(18-23)33(43)44)45-24-10-6-9-22(17-24)37-31(41)28(15-20-11-12-21(34)16-27(20)36)39-30(40)19-7-4-3-5-8-19/h3-18,29H,2H2,1H3,(H,37,41)(H,38,42)(H,39,40)(H,43,44)/b28-15+. The maximum absolute atomic E-state index is 13.5. The Kier molecular flexibility index (Phi) is 11.7. The highest BCUT2D eigenvalue weighted by Crippen LogP contribution is 2.30. The van der Waals surface area contributed by atoms with Gasteiger partial charge in [0.25, 0.3) is 11.8 Å². The van der Waals surface area contributed by atoms with Gasteiger partial charge in [0.2, 0.25) is 5.91 Å². The molecule has 4 aromatic carbocycles. The van der Waals surface area contributed by atoms with Crippen LogP contribution in [0.5, 0.6) is 0 Å². The Morgan fingerprint density at radius 2 is 1.56 bits per heavy atom. The number of thioether (sulfide) groups is 1. The van der Waals surface area contributed by atoms with Gasteiger partial charge < -0.3 is 21.1 Å². The number of halogens is 3. The van der Waals surface area contributed by atoms with E-state index < -0.39 is 23.0 Å². The first-order valence-electron chi connectivity index (χ1n) is 13.5. The van der Waals surface area contributed by atoms with Gasteiger partial charge in [-0.05, 0) is 78.7 Å². The number of hydrogen-bond acceptors (Lipinski definition) is 5. The number of amides is 3. The van der Waals surface area contributed by atoms with Crippen molar-refractivity contribution in [3.05, 3.63) is 128 Å². The maximum atomic E-state index is 13.5. The molecule has 0 aliphatic rings. The normalized spacial score (nSPS) is 11.8. The van der Waals surface area contributed by atoms with Crippen LogP contribution in [0.4, 0.5) is 11.4 Å². The van der Waals surface area contributed by atoms with E-state index in [4.69, 9.17) is 34.8 Å². The van der Waals surface area contributed by atoms with Gasteiger partial charge in [0.1, 0.15) is 5.70 Å². The summed E-state index contributed by atoms with van der Waals surface area (Å²) in [5, 5.41) is 17.8. The number of rotatable bonds is 11. The molecule has 4 rings (SSSR count). The number of benzene rings is 4. The second-order valence-electron chi connectivity index (χ2n) is 9.53. The van der Waals surface area contributed by atoms with Crippen LogP contribution in [-0.2, 0) is 9.59 Å². The van der Waals surface area contributed by atoms with Crippen LogP contribution in [0.15, 0.2) is 102 Å². The molecule has 0 radical (unpaired) electrons. The number of hydrogen-bond donors (Lipinski definition) is 4. The van der Waals surface area contributed by atoms with Gasteiger partial charge >= 0.3 is 5.97 Å². The van der Waals surface area contributed by atoms with Gasteiger partial charge in [-0.15, -0.1) is 11.8 Å². The fourth-order valence-electron chi connectivity index (χ4n) is 4.04. The van der Waals surface area contributed by atoms with E-state index in [1.54, 1.807) is 66.7 Å². The lowest BCUT2D eigenvalue weighted by atomic mass is 10.1. The first-order valence-corrected chi connectivity index (χ1v) is 15.5. The van der Waals surface area contributed by atoms with Crippen molar-refractivity contribution in [1.82, 2.24) is 5.32 Å². The fraction of sp³-hybridized carbons (Fsp3) is 0.0909. The summed E-state index contributed by atoms with van der Waals surface area (Å²) in [6, 6.07) is 24.4. The van der Waals surface area contributed by atoms with Gasteiger partial charge in [-0.3, -0.25) is 14.4 Å². The van der Waals surface area contributed by atoms with Crippen molar-refractivity contribution in [3.8, 4) is 0 Å². The zero-order chi connectivity index (χ0) is 32.5. The van der Waals surface area contributed by atoms with E-state index in [1.165, 1.54) is 42.1 Å². The molecule has 3 amide bonds. The van der Waals surface area contributed by atoms with Crippen molar-refractivity contribution in [2.45, 2.75) is 23.5 Å². The summed E-state index contributed by atoms with van der Waals surface area (Å²) < 4.78 is 0. The Bertz CT molecular complexity index is 1780. The van der Waals surface area contributed by atoms with E-state index in [0.29, 0.717) is 43.9 Å². The van der Waals surface area contributed by atoms with E-state index in [1.807, 2.05) is 6.92 Å². The lowest BCUT2D eigenvalue weighted by Gasteiger charge is -2.16. The largest absolute Gasteiger partial charge is 0.478 e. The van der Waals surface area contributed by atoms with Gasteiger partial charge in [-0.1, -0.05) is 72.1 Å². The molecule has 8 nitrogen and oxygen atoms in total. The molecule has 12 heteroatoms. The topological polar surface area (TPSA) is 125 Å². The molecule has 0 bridgehead atoms. The molecule has 0 saturated carbocycles. The highest BCUT2D eigenvalue weighted by Gasteiger charge is 2.20. The van der Waals surface area contributed by atoms with Crippen LogP contribution in [-0.4, -0.2) is 34.0 Å². The van der Waals surface area contributed by atoms with Crippen LogP contribution in [0.3, 0.4) is 0 Å². The summed E-state index contributed by atoms with van der Waals surface area (Å²) in [5.41, 5.74) is 1.38. The zero-order valence-electron chi connectivity index (χ0n) is 23.6. The summed E-state index contributed by atoms with van der Waals surface area (Å²) in [6.45, 7) is 1.85. The van der Waals surface area contributed by atoms with Crippen LogP contribution in [0.2, 0.25) is 15.1 Å². The molecule has 45 heavy (non-hydrogen) atoms. The van der Waals surface area contributed by atoms with Crippen LogP contribution in [0.25, 0.3) is 6.08 Å². The molecule has 0 fully saturated rings. The van der Waals surface area contributed by atoms with Gasteiger partial charge in [-0.25, -0.2) is 4.79 Å². The lowest BCUT2D eigenvalue weighted by molar-refractivity contribution is -0.116. The molecular weight excluding hydrogens is 657 g/mol. The number of carboxylic acid groups (broad SMARTS) is 1. The number of nitrogens with one attached hydrogen (secondary N) is 3. The Labute approximate surface area is 278 Å². The summed E-state index contributed by atoms with van der Waals surface area (Å²) in [5.74, 6) is -2.62. The molecule has 4 N–H and O–H groups in total. The summed E-state index contributed by atoms with van der Waals surface area (Å²) >= 11 is 19.6. The van der Waals surface area contributed by atoms with E-state index in [0.717, 1.165) is 0 Å². The van der Waals surface area contributed by atoms with Crippen LogP contribution in [0.1, 0.15) is 39.6 Å². The fourth-order valence-corrected chi connectivity index (χ4v) is 5.71. The van der Waals surface area contributed by atoms with Crippen molar-refractivity contribution >= 4 is 87.7 Å². The number of anilines is 2. The number of carbonyl (C=O) groups is 4. The minimum Gasteiger partial charge on any atom is -0.478 e. The Hall–Kier alpha value is -4.28. The molecule has 0 heterocycles. The predicted molar refractivity (Wildman–Crippen MR) is 180 cm³/mol. The van der Waals surface area contributed by atoms with Crippen molar-refractivity contribution in [3.63, 3.8) is 0 Å². The minimum absolute atomic E-state index is 0.0550. The van der Waals surface area contributed by atoms with Gasteiger partial charge in [-0.2, -0.15) is 0 Å². The molecule has 0 aliphatic heterocycles. The number of carbonyl (C=O) groups excluding carboxylic acids is 3. The summed E-state index contributed by atoms with van der Waals surface area (Å²) in [6.07, 6.45) is 1.92. The molecule has 230 valence electrons. The van der Waals surface area contributed by atoms with Gasteiger partial charge in [0, 0.05) is 31.9 Å². The number of aromatic carboxylic acids is 1. The predicted octanol–water partition coefficient (Wildman–Crippen LogP) is 8.26. The Morgan fingerprint density at radius 3 is 2.24 bits per heavy atom. The smallest absolute Gasteiger partial charge is 0.337 e. The SMILES string of the molecule is CCC(Sc1cccc(NC(=O)/C(=C\c2ccc(Cl)cc2Cl)NC(=O)c2ccccc2)c1)C(=O)Nc1ccc(Cl)c(C(=O)O)c1. The summed E-state index contributed by atoms with van der Waals surface area (Å²) in [4.78, 5) is 51.6. The van der Waals surface area contributed by atoms with Crippen molar-refractivity contribution in [2.75, 3.05) is 10.6 Å². The first-order chi connectivity index (χ1) is 21.5. The minimum atomic E-state index is -1.20. The average molecular weight is 683 g/mol. The third kappa shape index (κ3) is 9.36. The molecule has 1 atom stereocenters. The molecule has 0 saturated heterocycles. The molecule has 0 aromatic heterocycles. The Morgan fingerprint density at radius 1 is 0.822 bits per heavy atom. The maximum Gasteiger partial charge on any atom is 0.337 e. The quantitative estimate of drug-likeness (QED) is 0.0933. The molecule has 0 aliphatic carbocycles. The molecule has 0 spiro atoms. The third-order valence-electron chi connectivity index (χ3n) is 6.29.